The van der Waals surface area contributed by atoms with E-state index in [-0.39, 0.29) is 5.97 Å². The Morgan fingerprint density at radius 3 is 2.54 bits per heavy atom. The molecule has 0 amide bonds. The fourth-order valence-electron chi connectivity index (χ4n) is 3.29. The van der Waals surface area contributed by atoms with Crippen LogP contribution in [0.1, 0.15) is 28.9 Å². The Labute approximate surface area is 154 Å². The van der Waals surface area contributed by atoms with Crippen LogP contribution in [0.25, 0.3) is 0 Å². The van der Waals surface area contributed by atoms with Gasteiger partial charge in [-0.1, -0.05) is 12.1 Å². The number of anilines is 2. The molecule has 0 saturated carbocycles. The molecule has 0 radical (unpaired) electrons. The Hall–Kier alpha value is -2.76. The van der Waals surface area contributed by atoms with E-state index in [1.54, 1.807) is 13.2 Å². The quantitative estimate of drug-likeness (QED) is 0.831. The van der Waals surface area contributed by atoms with Crippen LogP contribution >= 0.6 is 0 Å². The van der Waals surface area contributed by atoms with Crippen molar-refractivity contribution in [2.24, 2.45) is 0 Å². The first-order valence-electron chi connectivity index (χ1n) is 8.83. The molecule has 0 bridgehead atoms. The van der Waals surface area contributed by atoms with Gasteiger partial charge >= 0.3 is 5.97 Å². The summed E-state index contributed by atoms with van der Waals surface area (Å²) in [7, 11) is 3.07. The molecule has 1 N–H and O–H groups in total. The lowest BCUT2D eigenvalue weighted by molar-refractivity contribution is 0.0599. The Kier molecular flexibility index (Phi) is 5.61. The number of carbonyl (C=O) groups is 1. The number of carbonyl (C=O) groups excluding carboxylic acids is 1. The number of ether oxygens (including phenoxy) is 2. The van der Waals surface area contributed by atoms with Crippen LogP contribution in [-0.4, -0.2) is 44.3 Å². The van der Waals surface area contributed by atoms with Crippen molar-refractivity contribution in [2.75, 3.05) is 37.5 Å². The summed E-state index contributed by atoms with van der Waals surface area (Å²) in [6, 6.07) is 12.1. The van der Waals surface area contributed by atoms with Crippen molar-refractivity contribution in [3.63, 3.8) is 0 Å². The first-order valence-corrected chi connectivity index (χ1v) is 8.83. The van der Waals surface area contributed by atoms with Crippen LogP contribution in [0.5, 0.6) is 5.75 Å². The number of aryl methyl sites for hydroxylation is 1. The summed E-state index contributed by atoms with van der Waals surface area (Å²) >= 11 is 0. The molecular formula is C20H25N3O3. The van der Waals surface area contributed by atoms with Gasteiger partial charge in [-0.25, -0.2) is 9.78 Å². The number of benzene rings is 1. The predicted molar refractivity (Wildman–Crippen MR) is 102 cm³/mol. The Bertz CT molecular complexity index is 771. The SMILES string of the molecule is COC(=O)c1ccc(N2CCC(Nc3ccccc3OC)CC2)nc1C. The van der Waals surface area contributed by atoms with E-state index in [0.29, 0.717) is 17.3 Å². The fourth-order valence-corrected chi connectivity index (χ4v) is 3.29. The second-order valence-electron chi connectivity index (χ2n) is 6.40. The topological polar surface area (TPSA) is 63.7 Å². The lowest BCUT2D eigenvalue weighted by Gasteiger charge is -2.34. The first-order chi connectivity index (χ1) is 12.6. The normalized spacial score (nSPS) is 14.8. The van der Waals surface area contributed by atoms with Crippen molar-refractivity contribution in [3.8, 4) is 5.75 Å². The third kappa shape index (κ3) is 3.90. The molecule has 0 spiro atoms. The number of nitrogens with one attached hydrogen (secondary N) is 1. The Balaban J connectivity index is 1.62. The molecule has 1 aliphatic heterocycles. The maximum absolute atomic E-state index is 11.7. The van der Waals surface area contributed by atoms with Crippen molar-refractivity contribution < 1.29 is 14.3 Å². The van der Waals surface area contributed by atoms with Crippen molar-refractivity contribution in [3.05, 3.63) is 47.7 Å². The molecule has 0 unspecified atom stereocenters. The minimum atomic E-state index is -0.346. The summed E-state index contributed by atoms with van der Waals surface area (Å²) in [5, 5.41) is 3.58. The number of para-hydroxylation sites is 2. The summed E-state index contributed by atoms with van der Waals surface area (Å²) in [6.07, 6.45) is 2.02. The zero-order valence-electron chi connectivity index (χ0n) is 15.5. The fraction of sp³-hybridized carbons (Fsp3) is 0.400. The molecule has 6 nitrogen and oxygen atoms in total. The standard InChI is InChI=1S/C20H25N3O3/c1-14-16(20(24)26-3)8-9-19(21-14)23-12-10-15(11-13-23)22-17-6-4-5-7-18(17)25-2/h4-9,15,22H,10-13H2,1-3H3. The maximum Gasteiger partial charge on any atom is 0.339 e. The maximum atomic E-state index is 11.7. The summed E-state index contributed by atoms with van der Waals surface area (Å²) in [5.74, 6) is 1.43. The van der Waals surface area contributed by atoms with Gasteiger partial charge in [0.2, 0.25) is 0 Å². The van der Waals surface area contributed by atoms with E-state index in [2.05, 4.69) is 15.2 Å². The number of piperidine rings is 1. The Morgan fingerprint density at radius 1 is 1.15 bits per heavy atom. The lowest BCUT2D eigenvalue weighted by Crippen LogP contribution is -2.39. The number of nitrogens with zero attached hydrogens (tertiary/aromatic N) is 2. The Morgan fingerprint density at radius 2 is 1.88 bits per heavy atom. The molecule has 1 saturated heterocycles. The largest absolute Gasteiger partial charge is 0.495 e. The average molecular weight is 355 g/mol. The van der Waals surface area contributed by atoms with Gasteiger partial charge in [-0.15, -0.1) is 0 Å². The molecule has 2 heterocycles. The van der Waals surface area contributed by atoms with E-state index >= 15 is 0 Å². The van der Waals surface area contributed by atoms with Crippen molar-refractivity contribution in [1.29, 1.82) is 0 Å². The number of methoxy groups -OCH3 is 2. The van der Waals surface area contributed by atoms with Gasteiger partial charge in [0.05, 0.1) is 31.2 Å². The summed E-state index contributed by atoms with van der Waals surface area (Å²) < 4.78 is 10.2. The van der Waals surface area contributed by atoms with Gasteiger partial charge < -0.3 is 19.7 Å². The highest BCUT2D eigenvalue weighted by molar-refractivity contribution is 5.90. The van der Waals surface area contributed by atoms with E-state index in [4.69, 9.17) is 9.47 Å². The third-order valence-corrected chi connectivity index (χ3v) is 4.76. The molecule has 138 valence electrons. The van der Waals surface area contributed by atoms with Gasteiger partial charge in [0, 0.05) is 19.1 Å². The number of rotatable bonds is 5. The van der Waals surface area contributed by atoms with Gasteiger partial charge in [-0.05, 0) is 44.0 Å². The molecule has 1 aliphatic rings. The van der Waals surface area contributed by atoms with Crippen LogP contribution in [0.3, 0.4) is 0 Å². The van der Waals surface area contributed by atoms with E-state index in [1.165, 1.54) is 7.11 Å². The van der Waals surface area contributed by atoms with Gasteiger partial charge in [0.25, 0.3) is 0 Å². The average Bonchev–Trinajstić information content (AvgIpc) is 2.68. The molecule has 26 heavy (non-hydrogen) atoms. The molecule has 1 aromatic heterocycles. The molecule has 0 atom stereocenters. The predicted octanol–water partition coefficient (Wildman–Crippen LogP) is 3.27. The monoisotopic (exact) mass is 355 g/mol. The van der Waals surface area contributed by atoms with E-state index in [9.17, 15) is 4.79 Å². The number of esters is 1. The minimum Gasteiger partial charge on any atom is -0.495 e. The van der Waals surface area contributed by atoms with Crippen LogP contribution in [0, 0.1) is 6.92 Å². The van der Waals surface area contributed by atoms with Crippen LogP contribution in [0.15, 0.2) is 36.4 Å². The van der Waals surface area contributed by atoms with Gasteiger partial charge in [0.1, 0.15) is 11.6 Å². The smallest absolute Gasteiger partial charge is 0.339 e. The second kappa shape index (κ2) is 8.08. The van der Waals surface area contributed by atoms with Crippen molar-refractivity contribution in [1.82, 2.24) is 4.98 Å². The molecule has 1 fully saturated rings. The van der Waals surface area contributed by atoms with Gasteiger partial charge in [0.15, 0.2) is 0 Å². The molecular weight excluding hydrogens is 330 g/mol. The highest BCUT2D eigenvalue weighted by Crippen LogP contribution is 2.27. The molecule has 6 heteroatoms. The lowest BCUT2D eigenvalue weighted by atomic mass is 10.0. The number of pyridine rings is 1. The number of aromatic nitrogens is 1. The zero-order valence-corrected chi connectivity index (χ0v) is 15.5. The van der Waals surface area contributed by atoms with Gasteiger partial charge in [-0.2, -0.15) is 0 Å². The van der Waals surface area contributed by atoms with E-state index in [1.807, 2.05) is 37.3 Å². The first kappa shape index (κ1) is 18.0. The van der Waals surface area contributed by atoms with Crippen LogP contribution in [0.4, 0.5) is 11.5 Å². The van der Waals surface area contributed by atoms with Crippen molar-refractivity contribution in [2.45, 2.75) is 25.8 Å². The molecule has 2 aromatic rings. The number of hydrogen-bond acceptors (Lipinski definition) is 6. The zero-order chi connectivity index (χ0) is 18.5. The van der Waals surface area contributed by atoms with E-state index < -0.39 is 0 Å². The third-order valence-electron chi connectivity index (χ3n) is 4.76. The van der Waals surface area contributed by atoms with Crippen molar-refractivity contribution >= 4 is 17.5 Å². The second-order valence-corrected chi connectivity index (χ2v) is 6.40. The minimum absolute atomic E-state index is 0.346. The summed E-state index contributed by atoms with van der Waals surface area (Å²) in [6.45, 7) is 3.67. The van der Waals surface area contributed by atoms with Gasteiger partial charge in [-0.3, -0.25) is 0 Å². The van der Waals surface area contributed by atoms with Crippen LogP contribution < -0.4 is 15.0 Å². The van der Waals surface area contributed by atoms with E-state index in [0.717, 1.165) is 43.2 Å². The summed E-state index contributed by atoms with van der Waals surface area (Å²) in [5.41, 5.74) is 2.25. The number of hydrogen-bond donors (Lipinski definition) is 1. The molecule has 1 aromatic carbocycles. The molecule has 3 rings (SSSR count). The van der Waals surface area contributed by atoms with Crippen LogP contribution in [0.2, 0.25) is 0 Å². The summed E-state index contributed by atoms with van der Waals surface area (Å²) in [4.78, 5) is 18.5. The highest BCUT2D eigenvalue weighted by Gasteiger charge is 2.22. The van der Waals surface area contributed by atoms with Crippen LogP contribution in [-0.2, 0) is 4.74 Å². The highest BCUT2D eigenvalue weighted by atomic mass is 16.5. The molecule has 0 aliphatic carbocycles.